The molecule has 4 aromatic rings. The van der Waals surface area contributed by atoms with Gasteiger partial charge in [-0.2, -0.15) is 0 Å². The lowest BCUT2D eigenvalue weighted by Crippen LogP contribution is -2.48. The third kappa shape index (κ3) is 4.29. The van der Waals surface area contributed by atoms with Gasteiger partial charge in [-0.3, -0.25) is 9.59 Å². The van der Waals surface area contributed by atoms with Crippen molar-refractivity contribution in [3.05, 3.63) is 95.6 Å². The van der Waals surface area contributed by atoms with Crippen LogP contribution < -0.4 is 4.90 Å². The molecule has 1 fully saturated rings. The highest BCUT2D eigenvalue weighted by atomic mass is 16.2. The number of amides is 1. The van der Waals surface area contributed by atoms with Gasteiger partial charge in [0.1, 0.15) is 0 Å². The fraction of sp³-hybridized carbons (Fsp3) is 0.207. The Kier molecular flexibility index (Phi) is 5.84. The van der Waals surface area contributed by atoms with Crippen LogP contribution in [0.3, 0.4) is 0 Å². The van der Waals surface area contributed by atoms with E-state index in [1.54, 1.807) is 6.92 Å². The van der Waals surface area contributed by atoms with Crippen molar-refractivity contribution in [2.24, 2.45) is 0 Å². The van der Waals surface area contributed by atoms with Crippen molar-refractivity contribution in [2.75, 3.05) is 31.1 Å². The number of benzene rings is 3. The number of pyridine rings is 1. The predicted molar refractivity (Wildman–Crippen MR) is 136 cm³/mol. The molecule has 1 aliphatic rings. The van der Waals surface area contributed by atoms with Gasteiger partial charge in [0, 0.05) is 48.4 Å². The van der Waals surface area contributed by atoms with Crippen LogP contribution in [-0.4, -0.2) is 47.8 Å². The highest BCUT2D eigenvalue weighted by molar-refractivity contribution is 6.07. The molecular weight excluding hydrogens is 422 g/mol. The summed E-state index contributed by atoms with van der Waals surface area (Å²) < 4.78 is 0. The zero-order valence-corrected chi connectivity index (χ0v) is 19.5. The Hall–Kier alpha value is -3.99. The Balaban J connectivity index is 1.40. The van der Waals surface area contributed by atoms with E-state index in [9.17, 15) is 9.59 Å². The van der Waals surface area contributed by atoms with Crippen LogP contribution in [0.2, 0.25) is 0 Å². The minimum absolute atomic E-state index is 0.0408. The number of rotatable bonds is 4. The van der Waals surface area contributed by atoms with E-state index >= 15 is 0 Å². The Morgan fingerprint density at radius 3 is 2.26 bits per heavy atom. The molecule has 0 N–H and O–H groups in total. The first-order valence-electron chi connectivity index (χ1n) is 11.6. The number of carbonyl (C=O) groups is 2. The summed E-state index contributed by atoms with van der Waals surface area (Å²) in [5.41, 5.74) is 6.30. The van der Waals surface area contributed by atoms with Gasteiger partial charge in [0.2, 0.25) is 0 Å². The van der Waals surface area contributed by atoms with Crippen molar-refractivity contribution in [1.82, 2.24) is 9.88 Å². The third-order valence-electron chi connectivity index (χ3n) is 6.47. The van der Waals surface area contributed by atoms with E-state index in [1.807, 2.05) is 71.6 Å². The summed E-state index contributed by atoms with van der Waals surface area (Å²) in [4.78, 5) is 34.3. The molecule has 1 saturated heterocycles. The Morgan fingerprint density at radius 1 is 0.824 bits per heavy atom. The van der Waals surface area contributed by atoms with E-state index in [4.69, 9.17) is 4.98 Å². The summed E-state index contributed by atoms with van der Waals surface area (Å²) in [6.07, 6.45) is 0. The smallest absolute Gasteiger partial charge is 0.254 e. The van der Waals surface area contributed by atoms with Crippen LogP contribution >= 0.6 is 0 Å². The van der Waals surface area contributed by atoms with Gasteiger partial charge in [-0.05, 0) is 56.3 Å². The second kappa shape index (κ2) is 9.10. The Bertz CT molecular complexity index is 1370. The fourth-order valence-corrected chi connectivity index (χ4v) is 4.55. The fourth-order valence-electron chi connectivity index (χ4n) is 4.55. The molecule has 5 nitrogen and oxygen atoms in total. The number of piperazine rings is 1. The SMILES string of the molecule is CC(=O)c1ccc(N2CCN(C(=O)c3cc(-c4cccc(C)c4)nc4ccccc34)CC2)cc1. The van der Waals surface area contributed by atoms with Crippen LogP contribution in [-0.2, 0) is 0 Å². The normalized spacial score (nSPS) is 13.8. The van der Waals surface area contributed by atoms with Gasteiger partial charge in [-0.15, -0.1) is 0 Å². The lowest BCUT2D eigenvalue weighted by molar-refractivity contribution is 0.0748. The van der Waals surface area contributed by atoms with E-state index in [1.165, 1.54) is 0 Å². The molecule has 0 spiro atoms. The molecule has 0 atom stereocenters. The lowest BCUT2D eigenvalue weighted by Gasteiger charge is -2.36. The largest absolute Gasteiger partial charge is 0.368 e. The second-order valence-corrected chi connectivity index (χ2v) is 8.82. The minimum atomic E-state index is 0.0408. The van der Waals surface area contributed by atoms with E-state index in [0.29, 0.717) is 24.2 Å². The van der Waals surface area contributed by atoms with Crippen LogP contribution in [0.1, 0.15) is 33.2 Å². The average molecular weight is 450 g/mol. The van der Waals surface area contributed by atoms with Crippen molar-refractivity contribution in [1.29, 1.82) is 0 Å². The summed E-state index contributed by atoms with van der Waals surface area (Å²) in [5.74, 6) is 0.107. The number of anilines is 1. The van der Waals surface area contributed by atoms with Crippen LogP contribution in [0.5, 0.6) is 0 Å². The molecule has 3 aromatic carbocycles. The number of hydrogen-bond acceptors (Lipinski definition) is 4. The predicted octanol–water partition coefficient (Wildman–Crippen LogP) is 5.38. The summed E-state index contributed by atoms with van der Waals surface area (Å²) in [6.45, 7) is 6.42. The van der Waals surface area contributed by atoms with Crippen molar-refractivity contribution < 1.29 is 9.59 Å². The monoisotopic (exact) mass is 449 g/mol. The number of para-hydroxylation sites is 1. The van der Waals surface area contributed by atoms with Crippen molar-refractivity contribution in [3.8, 4) is 11.3 Å². The standard InChI is InChI=1S/C29H27N3O2/c1-20-6-5-7-23(18-20)28-19-26(25-8-3-4-9-27(25)30-28)29(34)32-16-14-31(15-17-32)24-12-10-22(11-13-24)21(2)33/h3-13,18-19H,14-17H2,1-2H3. The maximum Gasteiger partial charge on any atom is 0.254 e. The highest BCUT2D eigenvalue weighted by Crippen LogP contribution is 2.27. The molecule has 1 amide bonds. The Morgan fingerprint density at radius 2 is 1.56 bits per heavy atom. The number of Topliss-reactive ketones (excluding diaryl/α,β-unsaturated/α-hetero) is 1. The third-order valence-corrected chi connectivity index (χ3v) is 6.47. The molecule has 34 heavy (non-hydrogen) atoms. The maximum absolute atomic E-state index is 13.7. The van der Waals surface area contributed by atoms with Crippen LogP contribution in [0.15, 0.2) is 78.9 Å². The van der Waals surface area contributed by atoms with Gasteiger partial charge in [0.15, 0.2) is 5.78 Å². The Labute approximate surface area is 199 Å². The van der Waals surface area contributed by atoms with Gasteiger partial charge < -0.3 is 9.80 Å². The molecule has 0 aliphatic carbocycles. The van der Waals surface area contributed by atoms with Gasteiger partial charge in [-0.25, -0.2) is 4.98 Å². The summed E-state index contributed by atoms with van der Waals surface area (Å²) in [7, 11) is 0. The van der Waals surface area contributed by atoms with Crippen LogP contribution in [0.4, 0.5) is 5.69 Å². The average Bonchev–Trinajstić information content (AvgIpc) is 2.88. The number of fused-ring (bicyclic) bond motifs is 1. The maximum atomic E-state index is 13.7. The lowest BCUT2D eigenvalue weighted by atomic mass is 10.0. The quantitative estimate of drug-likeness (QED) is 0.393. The molecular formula is C29H27N3O2. The zero-order valence-electron chi connectivity index (χ0n) is 19.5. The molecule has 5 rings (SSSR count). The molecule has 1 aromatic heterocycles. The van der Waals surface area contributed by atoms with E-state index < -0.39 is 0 Å². The number of carbonyl (C=O) groups excluding carboxylic acids is 2. The molecule has 1 aliphatic heterocycles. The van der Waals surface area contributed by atoms with Gasteiger partial charge in [0.25, 0.3) is 5.91 Å². The molecule has 5 heteroatoms. The van der Waals surface area contributed by atoms with Gasteiger partial charge in [0.05, 0.1) is 16.8 Å². The van der Waals surface area contributed by atoms with Gasteiger partial charge in [-0.1, -0.05) is 42.0 Å². The van der Waals surface area contributed by atoms with E-state index in [-0.39, 0.29) is 11.7 Å². The van der Waals surface area contributed by atoms with Crippen molar-refractivity contribution in [3.63, 3.8) is 0 Å². The zero-order chi connectivity index (χ0) is 23.7. The van der Waals surface area contributed by atoms with Crippen LogP contribution in [0.25, 0.3) is 22.2 Å². The van der Waals surface area contributed by atoms with Gasteiger partial charge >= 0.3 is 0 Å². The first-order chi connectivity index (χ1) is 16.5. The van der Waals surface area contributed by atoms with E-state index in [0.717, 1.165) is 46.5 Å². The molecule has 0 unspecified atom stereocenters. The summed E-state index contributed by atoms with van der Waals surface area (Å²) in [6, 6.07) is 25.7. The molecule has 0 bridgehead atoms. The first kappa shape index (κ1) is 21.8. The van der Waals surface area contributed by atoms with Crippen LogP contribution in [0, 0.1) is 6.92 Å². The summed E-state index contributed by atoms with van der Waals surface area (Å²) in [5, 5.41) is 0.881. The van der Waals surface area contributed by atoms with E-state index in [2.05, 4.69) is 24.0 Å². The summed E-state index contributed by atoms with van der Waals surface area (Å²) >= 11 is 0. The molecule has 0 saturated carbocycles. The molecule has 170 valence electrons. The molecule has 0 radical (unpaired) electrons. The number of hydrogen-bond donors (Lipinski definition) is 0. The van der Waals surface area contributed by atoms with Crippen molar-refractivity contribution in [2.45, 2.75) is 13.8 Å². The highest BCUT2D eigenvalue weighted by Gasteiger charge is 2.24. The minimum Gasteiger partial charge on any atom is -0.368 e. The molecule has 2 heterocycles. The second-order valence-electron chi connectivity index (χ2n) is 8.82. The number of aryl methyl sites for hydroxylation is 1. The topological polar surface area (TPSA) is 53.5 Å². The number of aromatic nitrogens is 1. The number of ketones is 1. The first-order valence-corrected chi connectivity index (χ1v) is 11.6. The van der Waals surface area contributed by atoms with Crippen molar-refractivity contribution >= 4 is 28.3 Å². The number of nitrogens with zero attached hydrogens (tertiary/aromatic N) is 3.